The van der Waals surface area contributed by atoms with Crippen molar-refractivity contribution >= 4 is 11.0 Å². The van der Waals surface area contributed by atoms with Crippen LogP contribution in [0.5, 0.6) is 5.75 Å². The number of methoxy groups -OCH3 is 1. The van der Waals surface area contributed by atoms with Gasteiger partial charge in [-0.15, -0.1) is 0 Å². The van der Waals surface area contributed by atoms with E-state index in [2.05, 4.69) is 25.8 Å². The molecule has 4 rings (SSSR count). The van der Waals surface area contributed by atoms with Gasteiger partial charge in [-0.05, 0) is 30.3 Å². The molecule has 2 heterocycles. The largest absolute Gasteiger partial charge is 0.496 e. The zero-order valence-corrected chi connectivity index (χ0v) is 12.7. The minimum atomic E-state index is 0.673. The third-order valence-electron chi connectivity index (χ3n) is 3.89. The summed E-state index contributed by atoms with van der Waals surface area (Å²) < 4.78 is 7.50. The molecule has 0 spiro atoms. The van der Waals surface area contributed by atoms with Gasteiger partial charge in [-0.1, -0.05) is 24.3 Å². The monoisotopic (exact) mass is 304 g/mol. The number of nitrogens with one attached hydrogen (secondary N) is 1. The number of rotatable bonds is 4. The highest BCUT2D eigenvalue weighted by atomic mass is 16.5. The van der Waals surface area contributed by atoms with E-state index in [9.17, 15) is 0 Å². The maximum atomic E-state index is 5.41. The van der Waals surface area contributed by atoms with Crippen LogP contribution < -0.4 is 4.74 Å². The van der Waals surface area contributed by atoms with Crippen molar-refractivity contribution in [3.63, 3.8) is 0 Å². The topological polar surface area (TPSA) is 55.7 Å². The maximum absolute atomic E-state index is 5.41. The number of para-hydroxylation sites is 3. The smallest absolute Gasteiger partial charge is 0.128 e. The Morgan fingerprint density at radius 3 is 2.83 bits per heavy atom. The predicted molar refractivity (Wildman–Crippen MR) is 89.4 cm³/mol. The van der Waals surface area contributed by atoms with Crippen molar-refractivity contribution in [2.45, 2.75) is 6.54 Å². The van der Waals surface area contributed by atoms with Gasteiger partial charge in [-0.3, -0.25) is 5.10 Å². The van der Waals surface area contributed by atoms with E-state index in [0.29, 0.717) is 6.54 Å². The standard InChI is InChI=1S/C18H16N4O/c1-23-18-9-5-2-6-14(18)16-10-13(20-21-16)11-22-12-19-15-7-3-4-8-17(15)22/h2-10,12H,11H2,1H3,(H,20,21). The molecule has 2 aromatic heterocycles. The second-order valence-electron chi connectivity index (χ2n) is 5.33. The number of ether oxygens (including phenoxy) is 1. The van der Waals surface area contributed by atoms with Crippen LogP contribution in [0.25, 0.3) is 22.3 Å². The Morgan fingerprint density at radius 2 is 1.91 bits per heavy atom. The van der Waals surface area contributed by atoms with Gasteiger partial charge >= 0.3 is 0 Å². The van der Waals surface area contributed by atoms with Gasteiger partial charge in [0.05, 0.1) is 42.4 Å². The van der Waals surface area contributed by atoms with Gasteiger partial charge in [0.25, 0.3) is 0 Å². The molecule has 114 valence electrons. The Bertz CT molecular complexity index is 954. The summed E-state index contributed by atoms with van der Waals surface area (Å²) in [5.74, 6) is 0.829. The minimum Gasteiger partial charge on any atom is -0.496 e. The lowest BCUT2D eigenvalue weighted by molar-refractivity contribution is 0.416. The summed E-state index contributed by atoms with van der Waals surface area (Å²) in [5.41, 5.74) is 5.00. The lowest BCUT2D eigenvalue weighted by Gasteiger charge is -2.05. The molecule has 0 amide bonds. The molecule has 4 aromatic rings. The molecule has 1 N–H and O–H groups in total. The summed E-state index contributed by atoms with van der Waals surface area (Å²) in [6, 6.07) is 18.0. The second kappa shape index (κ2) is 5.61. The molecule has 5 nitrogen and oxygen atoms in total. The van der Waals surface area contributed by atoms with Crippen LogP contribution in [0.2, 0.25) is 0 Å². The number of fused-ring (bicyclic) bond motifs is 1. The van der Waals surface area contributed by atoms with Crippen LogP contribution in [0.15, 0.2) is 60.9 Å². The first-order chi connectivity index (χ1) is 11.3. The molecule has 0 aliphatic carbocycles. The van der Waals surface area contributed by atoms with E-state index in [1.165, 1.54) is 0 Å². The molecule has 0 fully saturated rings. The number of hydrogen-bond donors (Lipinski definition) is 1. The van der Waals surface area contributed by atoms with E-state index in [4.69, 9.17) is 4.74 Å². The van der Waals surface area contributed by atoms with Gasteiger partial charge in [0, 0.05) is 5.56 Å². The van der Waals surface area contributed by atoms with Crippen molar-refractivity contribution in [2.24, 2.45) is 0 Å². The SMILES string of the molecule is COc1ccccc1-c1cc(Cn2cnc3ccccc32)n[nH]1. The van der Waals surface area contributed by atoms with E-state index >= 15 is 0 Å². The zero-order chi connectivity index (χ0) is 15.6. The molecular weight excluding hydrogens is 288 g/mol. The van der Waals surface area contributed by atoms with Gasteiger partial charge in [0.2, 0.25) is 0 Å². The normalized spacial score (nSPS) is 11.0. The summed E-state index contributed by atoms with van der Waals surface area (Å²) >= 11 is 0. The van der Waals surface area contributed by atoms with Crippen LogP contribution in [-0.4, -0.2) is 26.9 Å². The molecule has 23 heavy (non-hydrogen) atoms. The fourth-order valence-electron chi connectivity index (χ4n) is 2.76. The van der Waals surface area contributed by atoms with Gasteiger partial charge in [-0.25, -0.2) is 4.98 Å². The lowest BCUT2D eigenvalue weighted by Crippen LogP contribution is -1.97. The van der Waals surface area contributed by atoms with Crippen molar-refractivity contribution in [3.05, 3.63) is 66.6 Å². The molecule has 0 saturated heterocycles. The van der Waals surface area contributed by atoms with Crippen LogP contribution >= 0.6 is 0 Å². The average Bonchev–Trinajstić information content (AvgIpc) is 3.23. The van der Waals surface area contributed by atoms with E-state index in [-0.39, 0.29) is 0 Å². The third kappa shape index (κ3) is 2.46. The van der Waals surface area contributed by atoms with E-state index < -0.39 is 0 Å². The van der Waals surface area contributed by atoms with Gasteiger partial charge in [0.15, 0.2) is 0 Å². The highest BCUT2D eigenvalue weighted by molar-refractivity contribution is 5.75. The Balaban J connectivity index is 1.66. The summed E-state index contributed by atoms with van der Waals surface area (Å²) in [6.45, 7) is 0.673. The molecule has 0 bridgehead atoms. The van der Waals surface area contributed by atoms with Crippen LogP contribution in [0, 0.1) is 0 Å². The van der Waals surface area contributed by atoms with Crippen LogP contribution in [0.4, 0.5) is 0 Å². The van der Waals surface area contributed by atoms with E-state index in [0.717, 1.165) is 33.7 Å². The van der Waals surface area contributed by atoms with Crippen molar-refractivity contribution in [2.75, 3.05) is 7.11 Å². The average molecular weight is 304 g/mol. The molecule has 0 atom stereocenters. The summed E-state index contributed by atoms with van der Waals surface area (Å²) in [7, 11) is 1.67. The molecule has 0 aliphatic heterocycles. The number of aromatic amines is 1. The Morgan fingerprint density at radius 1 is 1.09 bits per heavy atom. The van der Waals surface area contributed by atoms with Crippen molar-refractivity contribution in [1.82, 2.24) is 19.7 Å². The highest BCUT2D eigenvalue weighted by Gasteiger charge is 2.10. The number of benzene rings is 2. The second-order valence-corrected chi connectivity index (χ2v) is 5.33. The first-order valence-electron chi connectivity index (χ1n) is 7.43. The zero-order valence-electron chi connectivity index (χ0n) is 12.7. The molecular formula is C18H16N4O. The van der Waals surface area contributed by atoms with Crippen molar-refractivity contribution < 1.29 is 4.74 Å². The fourth-order valence-corrected chi connectivity index (χ4v) is 2.76. The number of H-pyrrole nitrogens is 1. The molecule has 2 aromatic carbocycles. The third-order valence-corrected chi connectivity index (χ3v) is 3.89. The maximum Gasteiger partial charge on any atom is 0.128 e. The first-order valence-corrected chi connectivity index (χ1v) is 7.43. The Labute approximate surface area is 133 Å². The fraction of sp³-hybridized carbons (Fsp3) is 0.111. The first kappa shape index (κ1) is 13.6. The number of hydrogen-bond acceptors (Lipinski definition) is 3. The summed E-state index contributed by atoms with van der Waals surface area (Å²) in [6.07, 6.45) is 1.85. The predicted octanol–water partition coefficient (Wildman–Crippen LogP) is 3.48. The molecule has 5 heteroatoms. The highest BCUT2D eigenvalue weighted by Crippen LogP contribution is 2.28. The number of nitrogens with zero attached hydrogens (tertiary/aromatic N) is 3. The Hall–Kier alpha value is -3.08. The van der Waals surface area contributed by atoms with E-state index in [1.54, 1.807) is 7.11 Å². The molecule has 0 saturated carbocycles. The van der Waals surface area contributed by atoms with Gasteiger partial charge in [0.1, 0.15) is 5.75 Å². The van der Waals surface area contributed by atoms with Crippen molar-refractivity contribution in [1.29, 1.82) is 0 Å². The molecule has 0 radical (unpaired) electrons. The summed E-state index contributed by atoms with van der Waals surface area (Å²) in [5, 5.41) is 7.51. The molecule has 0 aliphatic rings. The molecule has 0 unspecified atom stereocenters. The number of aromatic nitrogens is 4. The van der Waals surface area contributed by atoms with E-state index in [1.807, 2.05) is 54.9 Å². The Kier molecular flexibility index (Phi) is 3.31. The summed E-state index contributed by atoms with van der Waals surface area (Å²) in [4.78, 5) is 4.41. The number of imidazole rings is 1. The quantitative estimate of drug-likeness (QED) is 0.628. The van der Waals surface area contributed by atoms with Crippen molar-refractivity contribution in [3.8, 4) is 17.0 Å². The van der Waals surface area contributed by atoms with Crippen LogP contribution in [0.3, 0.4) is 0 Å². The van der Waals surface area contributed by atoms with Gasteiger partial charge in [-0.2, -0.15) is 5.10 Å². The van der Waals surface area contributed by atoms with Gasteiger partial charge < -0.3 is 9.30 Å². The van der Waals surface area contributed by atoms with Crippen LogP contribution in [0.1, 0.15) is 5.69 Å². The minimum absolute atomic E-state index is 0.673. The lowest BCUT2D eigenvalue weighted by atomic mass is 10.1. The van der Waals surface area contributed by atoms with Crippen LogP contribution in [-0.2, 0) is 6.54 Å².